The molecule has 1 aromatic rings. The highest BCUT2D eigenvalue weighted by atomic mass is 16.3. The Bertz CT molecular complexity index is 361. The van der Waals surface area contributed by atoms with Gasteiger partial charge >= 0.3 is 0 Å². The lowest BCUT2D eigenvalue weighted by atomic mass is 9.82. The van der Waals surface area contributed by atoms with Crippen molar-refractivity contribution in [3.63, 3.8) is 0 Å². The van der Waals surface area contributed by atoms with E-state index >= 15 is 0 Å². The molecule has 1 saturated carbocycles. The second-order valence-corrected chi connectivity index (χ2v) is 4.66. The van der Waals surface area contributed by atoms with Crippen LogP contribution in [0.1, 0.15) is 24.8 Å². The molecule has 1 fully saturated rings. The number of carbonyl (C=O) groups is 1. The molecule has 1 aliphatic rings. The Morgan fingerprint density at radius 3 is 3.00 bits per heavy atom. The third-order valence-electron chi connectivity index (χ3n) is 3.16. The summed E-state index contributed by atoms with van der Waals surface area (Å²) >= 11 is 0. The molecule has 2 rings (SSSR count). The molecule has 1 amide bonds. The average molecular weight is 234 g/mol. The Balaban J connectivity index is 1.61. The second kappa shape index (κ2) is 5.77. The summed E-state index contributed by atoms with van der Waals surface area (Å²) in [4.78, 5) is 15.6. The molecule has 0 spiro atoms. The highest BCUT2D eigenvalue weighted by molar-refractivity contribution is 5.76. The van der Waals surface area contributed by atoms with E-state index in [1.165, 1.54) is 0 Å². The van der Waals surface area contributed by atoms with Crippen molar-refractivity contribution in [3.05, 3.63) is 30.1 Å². The number of rotatable bonds is 5. The zero-order chi connectivity index (χ0) is 12.1. The third kappa shape index (κ3) is 3.82. The van der Waals surface area contributed by atoms with Crippen LogP contribution in [0.5, 0.6) is 0 Å². The van der Waals surface area contributed by atoms with Gasteiger partial charge in [0.1, 0.15) is 0 Å². The number of hydrogen-bond donors (Lipinski definition) is 2. The predicted octanol–water partition coefficient (Wildman–Crippen LogP) is 0.901. The van der Waals surface area contributed by atoms with Crippen molar-refractivity contribution in [2.45, 2.75) is 31.8 Å². The molecule has 0 aliphatic heterocycles. The van der Waals surface area contributed by atoms with Crippen molar-refractivity contribution < 1.29 is 9.90 Å². The summed E-state index contributed by atoms with van der Waals surface area (Å²) in [5.74, 6) is 0.544. The lowest BCUT2D eigenvalue weighted by molar-refractivity contribution is -0.121. The molecule has 1 aliphatic carbocycles. The molecule has 2 N–H and O–H groups in total. The average Bonchev–Trinajstić information content (AvgIpc) is 2.32. The lowest BCUT2D eigenvalue weighted by Crippen LogP contribution is -2.38. The van der Waals surface area contributed by atoms with Crippen LogP contribution in [-0.2, 0) is 11.2 Å². The maximum atomic E-state index is 11.5. The zero-order valence-electron chi connectivity index (χ0n) is 9.80. The summed E-state index contributed by atoms with van der Waals surface area (Å²) in [6.07, 6.45) is 6.24. The Morgan fingerprint density at radius 2 is 2.35 bits per heavy atom. The number of nitrogens with one attached hydrogen (secondary N) is 1. The van der Waals surface area contributed by atoms with E-state index in [-0.39, 0.29) is 12.0 Å². The molecular weight excluding hydrogens is 216 g/mol. The van der Waals surface area contributed by atoms with Crippen LogP contribution < -0.4 is 5.32 Å². The van der Waals surface area contributed by atoms with Gasteiger partial charge in [-0.1, -0.05) is 6.07 Å². The maximum Gasteiger partial charge on any atom is 0.220 e. The van der Waals surface area contributed by atoms with Gasteiger partial charge in [0.15, 0.2) is 0 Å². The minimum Gasteiger partial charge on any atom is -0.393 e. The van der Waals surface area contributed by atoms with E-state index in [0.717, 1.165) is 24.8 Å². The first-order chi connectivity index (χ1) is 8.24. The molecular formula is C13H18N2O2. The molecule has 0 radical (unpaired) electrons. The van der Waals surface area contributed by atoms with Crippen molar-refractivity contribution in [2.75, 3.05) is 6.54 Å². The topological polar surface area (TPSA) is 62.2 Å². The number of amides is 1. The van der Waals surface area contributed by atoms with Gasteiger partial charge in [0.2, 0.25) is 5.91 Å². The van der Waals surface area contributed by atoms with Crippen LogP contribution in [0.4, 0.5) is 0 Å². The molecule has 1 aromatic heterocycles. The predicted molar refractivity (Wildman–Crippen MR) is 64.3 cm³/mol. The first kappa shape index (κ1) is 12.0. The Hall–Kier alpha value is -1.42. The van der Waals surface area contributed by atoms with Crippen LogP contribution in [0.25, 0.3) is 0 Å². The maximum absolute atomic E-state index is 11.5. The zero-order valence-corrected chi connectivity index (χ0v) is 9.80. The van der Waals surface area contributed by atoms with Crippen LogP contribution in [-0.4, -0.2) is 28.6 Å². The van der Waals surface area contributed by atoms with Crippen LogP contribution in [0.15, 0.2) is 24.5 Å². The second-order valence-electron chi connectivity index (χ2n) is 4.66. The molecule has 1 heterocycles. The van der Waals surface area contributed by atoms with Gasteiger partial charge in [0, 0.05) is 25.4 Å². The van der Waals surface area contributed by atoms with Crippen molar-refractivity contribution in [1.82, 2.24) is 10.3 Å². The van der Waals surface area contributed by atoms with Crippen molar-refractivity contribution >= 4 is 5.91 Å². The third-order valence-corrected chi connectivity index (χ3v) is 3.16. The van der Waals surface area contributed by atoms with Gasteiger partial charge < -0.3 is 10.4 Å². The number of hydrogen-bond acceptors (Lipinski definition) is 3. The summed E-state index contributed by atoms with van der Waals surface area (Å²) in [6.45, 7) is 0.697. The Kier molecular flexibility index (Phi) is 4.09. The number of carbonyl (C=O) groups excluding carboxylic acids is 1. The van der Waals surface area contributed by atoms with E-state index in [9.17, 15) is 4.79 Å². The molecule has 17 heavy (non-hydrogen) atoms. The van der Waals surface area contributed by atoms with Crippen LogP contribution in [0.2, 0.25) is 0 Å². The van der Waals surface area contributed by atoms with Gasteiger partial charge in [-0.25, -0.2) is 0 Å². The SMILES string of the molecule is O=C(CCc1cccnc1)NCC1CC(O)C1. The Morgan fingerprint density at radius 1 is 1.53 bits per heavy atom. The normalized spacial score (nSPS) is 22.9. The molecule has 0 atom stereocenters. The number of aryl methyl sites for hydroxylation is 1. The minimum absolute atomic E-state index is 0.0789. The van der Waals surface area contributed by atoms with Gasteiger partial charge in [-0.15, -0.1) is 0 Å². The quantitative estimate of drug-likeness (QED) is 0.795. The number of aliphatic hydroxyl groups is 1. The minimum atomic E-state index is -0.146. The van der Waals surface area contributed by atoms with Crippen molar-refractivity contribution in [2.24, 2.45) is 5.92 Å². The van der Waals surface area contributed by atoms with Crippen molar-refractivity contribution in [1.29, 1.82) is 0 Å². The van der Waals surface area contributed by atoms with Crippen molar-refractivity contribution in [3.8, 4) is 0 Å². The van der Waals surface area contributed by atoms with E-state index < -0.39 is 0 Å². The number of nitrogens with zero attached hydrogens (tertiary/aromatic N) is 1. The van der Waals surface area contributed by atoms with Gasteiger partial charge in [-0.2, -0.15) is 0 Å². The fraction of sp³-hybridized carbons (Fsp3) is 0.538. The largest absolute Gasteiger partial charge is 0.393 e. The fourth-order valence-corrected chi connectivity index (χ4v) is 2.02. The number of pyridine rings is 1. The van der Waals surface area contributed by atoms with Crippen LogP contribution in [0.3, 0.4) is 0 Å². The molecule has 0 aromatic carbocycles. The summed E-state index contributed by atoms with van der Waals surface area (Å²) < 4.78 is 0. The smallest absolute Gasteiger partial charge is 0.220 e. The van der Waals surface area contributed by atoms with E-state index in [2.05, 4.69) is 10.3 Å². The standard InChI is InChI=1S/C13H18N2O2/c16-12-6-11(7-12)9-15-13(17)4-3-10-2-1-5-14-8-10/h1-2,5,8,11-12,16H,3-4,6-7,9H2,(H,15,17). The van der Waals surface area contributed by atoms with Gasteiger partial charge in [0.25, 0.3) is 0 Å². The highest BCUT2D eigenvalue weighted by Crippen LogP contribution is 2.26. The molecule has 0 saturated heterocycles. The van der Waals surface area contributed by atoms with Gasteiger partial charge in [-0.05, 0) is 36.8 Å². The first-order valence-electron chi connectivity index (χ1n) is 6.07. The summed E-state index contributed by atoms with van der Waals surface area (Å²) in [7, 11) is 0. The summed E-state index contributed by atoms with van der Waals surface area (Å²) in [6, 6.07) is 3.85. The van der Waals surface area contributed by atoms with Crippen LogP contribution >= 0.6 is 0 Å². The van der Waals surface area contributed by atoms with E-state index in [1.54, 1.807) is 12.4 Å². The number of aromatic nitrogens is 1. The summed E-state index contributed by atoms with van der Waals surface area (Å²) in [5.41, 5.74) is 1.08. The number of aliphatic hydroxyl groups excluding tert-OH is 1. The Labute approximate surface area is 101 Å². The molecule has 4 nitrogen and oxygen atoms in total. The molecule has 4 heteroatoms. The van der Waals surface area contributed by atoms with E-state index in [0.29, 0.717) is 18.9 Å². The molecule has 0 bridgehead atoms. The summed E-state index contributed by atoms with van der Waals surface area (Å²) in [5, 5.41) is 12.0. The van der Waals surface area contributed by atoms with E-state index in [1.807, 2.05) is 12.1 Å². The van der Waals surface area contributed by atoms with Gasteiger partial charge in [0.05, 0.1) is 6.10 Å². The lowest BCUT2D eigenvalue weighted by Gasteiger charge is -2.31. The van der Waals surface area contributed by atoms with E-state index in [4.69, 9.17) is 5.11 Å². The molecule has 0 unspecified atom stereocenters. The molecule has 92 valence electrons. The monoisotopic (exact) mass is 234 g/mol. The highest BCUT2D eigenvalue weighted by Gasteiger charge is 2.26. The first-order valence-corrected chi connectivity index (χ1v) is 6.07. The van der Waals surface area contributed by atoms with Crippen LogP contribution in [0, 0.1) is 5.92 Å². The fourth-order valence-electron chi connectivity index (χ4n) is 2.02. The van der Waals surface area contributed by atoms with Gasteiger partial charge in [-0.3, -0.25) is 9.78 Å².